The highest BCUT2D eigenvalue weighted by Gasteiger charge is 2.45. The first-order chi connectivity index (χ1) is 19.2. The Kier molecular flexibility index (Phi) is 5.66. The molecule has 2 aliphatic rings. The van der Waals surface area contributed by atoms with E-state index in [2.05, 4.69) is 0 Å². The van der Waals surface area contributed by atoms with Crippen LogP contribution < -0.4 is 11.2 Å². The SMILES string of the molecule is Cc1cn([C@H]2C[C@H](O)[C@@H](CO)O2)c(=O)n([C@@H]2c3c(cc4ccc5cccc6ccc3c4c56)[C@@H](O)[C@H](O)[C@@H]2O)c1=O. The van der Waals surface area contributed by atoms with Crippen LogP contribution in [-0.4, -0.2) is 65.7 Å². The van der Waals surface area contributed by atoms with E-state index in [0.29, 0.717) is 16.5 Å². The summed E-state index contributed by atoms with van der Waals surface area (Å²) >= 11 is 0. The van der Waals surface area contributed by atoms with Crippen LogP contribution in [-0.2, 0) is 4.74 Å². The largest absolute Gasteiger partial charge is 0.394 e. The van der Waals surface area contributed by atoms with E-state index in [9.17, 15) is 35.1 Å². The van der Waals surface area contributed by atoms with E-state index in [4.69, 9.17) is 4.74 Å². The maximum absolute atomic E-state index is 14.0. The highest BCUT2D eigenvalue weighted by Crippen LogP contribution is 2.46. The zero-order chi connectivity index (χ0) is 28.0. The summed E-state index contributed by atoms with van der Waals surface area (Å²) in [4.78, 5) is 27.6. The third kappa shape index (κ3) is 3.38. The van der Waals surface area contributed by atoms with Crippen LogP contribution in [0.25, 0.3) is 32.3 Å². The Morgan fingerprint density at radius 1 is 0.925 bits per heavy atom. The van der Waals surface area contributed by atoms with Crippen molar-refractivity contribution in [3.05, 3.63) is 92.3 Å². The third-order valence-electron chi connectivity index (χ3n) is 8.62. The summed E-state index contributed by atoms with van der Waals surface area (Å²) < 4.78 is 7.79. The van der Waals surface area contributed by atoms with E-state index in [-0.39, 0.29) is 12.0 Å². The Morgan fingerprint density at radius 3 is 2.33 bits per heavy atom. The molecule has 0 radical (unpaired) electrons. The molecule has 2 heterocycles. The highest BCUT2D eigenvalue weighted by molar-refractivity contribution is 6.23. The molecule has 1 aliphatic heterocycles. The van der Waals surface area contributed by atoms with Gasteiger partial charge in [0, 0.05) is 18.2 Å². The molecule has 1 saturated heterocycles. The van der Waals surface area contributed by atoms with Gasteiger partial charge in [0.2, 0.25) is 0 Å². The molecular formula is C30H28N2O8. The number of rotatable bonds is 3. The van der Waals surface area contributed by atoms with Crippen molar-refractivity contribution >= 4 is 32.3 Å². The lowest BCUT2D eigenvalue weighted by Gasteiger charge is -2.39. The Hall–Kier alpha value is -3.64. The maximum Gasteiger partial charge on any atom is 0.333 e. The van der Waals surface area contributed by atoms with Gasteiger partial charge in [-0.05, 0) is 56.4 Å². The van der Waals surface area contributed by atoms with Crippen LogP contribution in [0.5, 0.6) is 0 Å². The molecule has 4 aromatic carbocycles. The summed E-state index contributed by atoms with van der Waals surface area (Å²) in [5.41, 5.74) is -0.593. The van der Waals surface area contributed by atoms with E-state index >= 15 is 0 Å². The highest BCUT2D eigenvalue weighted by atomic mass is 16.5. The second kappa shape index (κ2) is 8.93. The zero-order valence-electron chi connectivity index (χ0n) is 21.5. The maximum atomic E-state index is 14.0. The molecule has 0 amide bonds. The number of aromatic nitrogens is 2. The lowest BCUT2D eigenvalue weighted by molar-refractivity contribution is -0.0856. The van der Waals surface area contributed by atoms with Gasteiger partial charge in [-0.3, -0.25) is 9.36 Å². The summed E-state index contributed by atoms with van der Waals surface area (Å²) in [7, 11) is 0. The first-order valence-electron chi connectivity index (χ1n) is 13.2. The van der Waals surface area contributed by atoms with Crippen LogP contribution in [0.2, 0.25) is 0 Å². The number of hydrogen-bond acceptors (Lipinski definition) is 8. The fraction of sp³-hybridized carbons (Fsp3) is 0.333. The molecule has 0 saturated carbocycles. The summed E-state index contributed by atoms with van der Waals surface area (Å²) in [6.45, 7) is 1.08. The van der Waals surface area contributed by atoms with Gasteiger partial charge in [0.1, 0.15) is 30.6 Å². The number of aliphatic hydroxyl groups excluding tert-OH is 5. The minimum atomic E-state index is -1.69. The van der Waals surface area contributed by atoms with Crippen molar-refractivity contribution in [3.8, 4) is 0 Å². The summed E-state index contributed by atoms with van der Waals surface area (Å²) in [6, 6.07) is 14.0. The van der Waals surface area contributed by atoms with Gasteiger partial charge in [-0.1, -0.05) is 42.5 Å². The van der Waals surface area contributed by atoms with Gasteiger partial charge < -0.3 is 30.3 Å². The Bertz CT molecular complexity index is 1900. The van der Waals surface area contributed by atoms with Crippen LogP contribution in [0.1, 0.15) is 41.5 Å². The van der Waals surface area contributed by atoms with Crippen molar-refractivity contribution in [2.45, 2.75) is 56.1 Å². The van der Waals surface area contributed by atoms with E-state index in [1.807, 2.05) is 42.5 Å². The zero-order valence-corrected chi connectivity index (χ0v) is 21.5. The second-order valence-electron chi connectivity index (χ2n) is 10.9. The minimum absolute atomic E-state index is 0.0152. The molecule has 0 spiro atoms. The number of aliphatic hydroxyl groups is 5. The second-order valence-corrected chi connectivity index (χ2v) is 10.9. The number of hydrogen-bond donors (Lipinski definition) is 5. The fourth-order valence-corrected chi connectivity index (χ4v) is 6.66. The number of aryl methyl sites for hydroxylation is 1. The predicted octanol–water partition coefficient (Wildman–Crippen LogP) is 1.21. The topological polar surface area (TPSA) is 154 Å². The van der Waals surface area contributed by atoms with Crippen molar-refractivity contribution in [1.82, 2.24) is 9.13 Å². The molecule has 1 aromatic heterocycles. The molecular weight excluding hydrogens is 516 g/mol. The van der Waals surface area contributed by atoms with Crippen molar-refractivity contribution < 1.29 is 30.3 Å². The average Bonchev–Trinajstić information content (AvgIpc) is 3.34. The van der Waals surface area contributed by atoms with Crippen molar-refractivity contribution in [1.29, 1.82) is 0 Å². The monoisotopic (exact) mass is 544 g/mol. The molecule has 0 bridgehead atoms. The molecule has 1 fully saturated rings. The standard InChI is InChI=1S/C30H28N2O8/c1-13-11-31(21-10-19(34)20(12-33)40-21)30(39)32(29(13)38)25-24-17-8-7-15-4-2-3-14-5-6-16(23(17)22(14)15)9-18(24)26(35)28(37)27(25)36/h2-9,11,19-21,25-28,33-37H,10,12H2,1H3/t19-,20+,21+,25+,26+,27+,28-/m0/s1. The van der Waals surface area contributed by atoms with Gasteiger partial charge in [0.05, 0.1) is 18.8 Å². The minimum Gasteiger partial charge on any atom is -0.394 e. The van der Waals surface area contributed by atoms with Crippen LogP contribution in [0, 0.1) is 6.92 Å². The lowest BCUT2D eigenvalue weighted by atomic mass is 9.77. The molecule has 206 valence electrons. The smallest absolute Gasteiger partial charge is 0.333 e. The predicted molar refractivity (Wildman–Crippen MR) is 147 cm³/mol. The van der Waals surface area contributed by atoms with Gasteiger partial charge in [0.15, 0.2) is 0 Å². The molecule has 10 heteroatoms. The molecule has 5 N–H and O–H groups in total. The Balaban J connectivity index is 1.54. The van der Waals surface area contributed by atoms with E-state index in [1.165, 1.54) is 17.7 Å². The molecule has 40 heavy (non-hydrogen) atoms. The van der Waals surface area contributed by atoms with Crippen LogP contribution in [0.3, 0.4) is 0 Å². The molecule has 7 rings (SSSR count). The van der Waals surface area contributed by atoms with Gasteiger partial charge in [-0.15, -0.1) is 0 Å². The Morgan fingerprint density at radius 2 is 1.62 bits per heavy atom. The van der Waals surface area contributed by atoms with Gasteiger partial charge >= 0.3 is 5.69 Å². The normalized spacial score (nSPS) is 28.6. The van der Waals surface area contributed by atoms with Crippen molar-refractivity contribution in [3.63, 3.8) is 0 Å². The fourth-order valence-electron chi connectivity index (χ4n) is 6.66. The summed E-state index contributed by atoms with van der Waals surface area (Å²) in [5.74, 6) is 0. The number of nitrogens with zero attached hydrogens (tertiary/aromatic N) is 2. The van der Waals surface area contributed by atoms with Gasteiger partial charge in [-0.2, -0.15) is 0 Å². The van der Waals surface area contributed by atoms with E-state index in [0.717, 1.165) is 31.5 Å². The van der Waals surface area contributed by atoms with Crippen LogP contribution in [0.15, 0.2) is 64.3 Å². The number of ether oxygens (including phenoxy) is 1. The van der Waals surface area contributed by atoms with Crippen LogP contribution >= 0.6 is 0 Å². The summed E-state index contributed by atoms with van der Waals surface area (Å²) in [6.07, 6.45) is -6.32. The number of benzene rings is 4. The summed E-state index contributed by atoms with van der Waals surface area (Å²) in [5, 5.41) is 58.6. The average molecular weight is 545 g/mol. The van der Waals surface area contributed by atoms with E-state index in [1.54, 1.807) is 6.07 Å². The lowest BCUT2D eigenvalue weighted by Crippen LogP contribution is -2.52. The molecule has 1 aliphatic carbocycles. The molecule has 0 unspecified atom stereocenters. The Labute approximate surface area is 226 Å². The first kappa shape index (κ1) is 25.3. The quantitative estimate of drug-likeness (QED) is 0.213. The first-order valence-corrected chi connectivity index (χ1v) is 13.2. The molecule has 5 aromatic rings. The third-order valence-corrected chi connectivity index (χ3v) is 8.62. The van der Waals surface area contributed by atoms with Crippen molar-refractivity contribution in [2.24, 2.45) is 0 Å². The molecule has 10 nitrogen and oxygen atoms in total. The van der Waals surface area contributed by atoms with E-state index < -0.39 is 60.6 Å². The van der Waals surface area contributed by atoms with Crippen LogP contribution in [0.4, 0.5) is 0 Å². The van der Waals surface area contributed by atoms with Gasteiger partial charge in [0.25, 0.3) is 5.56 Å². The van der Waals surface area contributed by atoms with Gasteiger partial charge in [-0.25, -0.2) is 9.36 Å². The number of fused-ring (bicyclic) bond motifs is 2. The molecule has 7 atom stereocenters. The van der Waals surface area contributed by atoms with Crippen molar-refractivity contribution in [2.75, 3.05) is 6.61 Å².